The van der Waals surface area contributed by atoms with Gasteiger partial charge in [-0.3, -0.25) is 24.3 Å². The molecule has 0 spiro atoms. The third kappa shape index (κ3) is 4.60. The highest BCUT2D eigenvalue weighted by Gasteiger charge is 2.22. The molecule has 1 aromatic carbocycles. The van der Waals surface area contributed by atoms with Crippen LogP contribution in [0.15, 0.2) is 30.5 Å². The maximum Gasteiger partial charge on any atom is 0.312 e. The minimum absolute atomic E-state index is 0.0454. The number of nitrogens with zero attached hydrogens (tertiary/aromatic N) is 5. The summed E-state index contributed by atoms with van der Waals surface area (Å²) in [6, 6.07) is 6.01. The minimum atomic E-state index is -0.483. The van der Waals surface area contributed by atoms with Gasteiger partial charge in [0.05, 0.1) is 18.0 Å². The first kappa shape index (κ1) is 20.5. The number of aryl methyl sites for hydroxylation is 2. The molecule has 0 aliphatic heterocycles. The Labute approximate surface area is 170 Å². The molecule has 3 rings (SSSR count). The van der Waals surface area contributed by atoms with E-state index in [-0.39, 0.29) is 31.1 Å². The first-order valence-corrected chi connectivity index (χ1v) is 9.08. The topological polar surface area (TPSA) is 108 Å². The predicted octanol–water partition coefficient (Wildman–Crippen LogP) is 3.47. The molecule has 0 saturated heterocycles. The van der Waals surface area contributed by atoms with E-state index in [0.29, 0.717) is 27.8 Å². The van der Waals surface area contributed by atoms with Crippen molar-refractivity contribution in [1.29, 1.82) is 0 Å². The summed E-state index contributed by atoms with van der Waals surface area (Å²) in [5, 5.41) is 22.3. The maximum atomic E-state index is 13.9. The quantitative estimate of drug-likeness (QED) is 0.465. The lowest BCUT2D eigenvalue weighted by Gasteiger charge is -2.06. The molecule has 0 atom stereocenters. The molecule has 1 amide bonds. The number of benzene rings is 1. The van der Waals surface area contributed by atoms with Gasteiger partial charge in [-0.1, -0.05) is 17.7 Å². The van der Waals surface area contributed by atoms with E-state index in [2.05, 4.69) is 15.5 Å². The molecule has 2 aromatic heterocycles. The Hall–Kier alpha value is -3.27. The van der Waals surface area contributed by atoms with Crippen molar-refractivity contribution < 1.29 is 14.1 Å². The van der Waals surface area contributed by atoms with Crippen LogP contribution < -0.4 is 5.32 Å². The molecule has 152 valence electrons. The number of halogens is 2. The van der Waals surface area contributed by atoms with E-state index >= 15 is 0 Å². The van der Waals surface area contributed by atoms with Gasteiger partial charge in [0.25, 0.3) is 0 Å². The molecule has 11 heteroatoms. The molecule has 0 saturated carbocycles. The van der Waals surface area contributed by atoms with Gasteiger partial charge in [0.2, 0.25) is 5.91 Å². The van der Waals surface area contributed by atoms with Crippen molar-refractivity contribution in [1.82, 2.24) is 19.6 Å². The Morgan fingerprint density at radius 2 is 2.07 bits per heavy atom. The lowest BCUT2D eigenvalue weighted by atomic mass is 10.2. The number of anilines is 1. The summed E-state index contributed by atoms with van der Waals surface area (Å²) in [4.78, 5) is 22.7. The molecule has 0 unspecified atom stereocenters. The number of carbonyl (C=O) groups is 1. The van der Waals surface area contributed by atoms with Crippen LogP contribution in [-0.2, 0) is 17.9 Å². The first-order valence-electron chi connectivity index (χ1n) is 8.71. The fraction of sp³-hybridized carbons (Fsp3) is 0.278. The zero-order valence-electron chi connectivity index (χ0n) is 15.7. The summed E-state index contributed by atoms with van der Waals surface area (Å²) < 4.78 is 16.8. The summed E-state index contributed by atoms with van der Waals surface area (Å²) in [6.07, 6.45) is 1.66. The van der Waals surface area contributed by atoms with Crippen LogP contribution in [0.1, 0.15) is 23.4 Å². The largest absolute Gasteiger partial charge is 0.312 e. The van der Waals surface area contributed by atoms with Gasteiger partial charge < -0.3 is 5.32 Å². The van der Waals surface area contributed by atoms with Crippen molar-refractivity contribution in [2.45, 2.75) is 33.4 Å². The Bertz CT molecular complexity index is 1060. The molecule has 0 fully saturated rings. The molecule has 0 aliphatic carbocycles. The molecular weight excluding hydrogens is 403 g/mol. The van der Waals surface area contributed by atoms with E-state index in [1.807, 2.05) is 0 Å². The molecule has 0 aliphatic rings. The number of nitrogens with one attached hydrogen (secondary N) is 1. The molecule has 0 radical (unpaired) electrons. The molecule has 29 heavy (non-hydrogen) atoms. The lowest BCUT2D eigenvalue weighted by molar-refractivity contribution is -0.386. The van der Waals surface area contributed by atoms with Gasteiger partial charge in [-0.2, -0.15) is 10.2 Å². The van der Waals surface area contributed by atoms with E-state index in [1.165, 1.54) is 21.5 Å². The molecule has 3 aromatic rings. The standard InChI is InChI=1S/C18H18ClFN6O3/c1-11-18(26(28)29)12(2)25(22-11)9-7-17(27)21-16-6-8-24(23-16)10-13-14(19)4-3-5-15(13)20/h3-6,8H,7,9-10H2,1-2H3,(H,21,23,27). The molecule has 2 heterocycles. The van der Waals surface area contributed by atoms with Crippen molar-refractivity contribution in [2.75, 3.05) is 5.32 Å². The average Bonchev–Trinajstić information content (AvgIpc) is 3.20. The number of amides is 1. The SMILES string of the molecule is Cc1nn(CCC(=O)Nc2ccn(Cc3c(F)cccc3Cl)n2)c(C)c1[N+](=O)[O-]. The highest BCUT2D eigenvalue weighted by atomic mass is 35.5. The second kappa shape index (κ2) is 8.39. The van der Waals surface area contributed by atoms with Crippen LogP contribution in [0.3, 0.4) is 0 Å². The van der Waals surface area contributed by atoms with Crippen molar-refractivity contribution in [3.63, 3.8) is 0 Å². The lowest BCUT2D eigenvalue weighted by Crippen LogP contribution is -2.16. The summed E-state index contributed by atoms with van der Waals surface area (Å²) in [5.74, 6) is -0.450. The van der Waals surface area contributed by atoms with Crippen molar-refractivity contribution in [3.05, 3.63) is 68.4 Å². The first-order chi connectivity index (χ1) is 13.8. The zero-order chi connectivity index (χ0) is 21.1. The van der Waals surface area contributed by atoms with E-state index in [0.717, 1.165) is 0 Å². The van der Waals surface area contributed by atoms with Gasteiger partial charge in [-0.05, 0) is 26.0 Å². The Morgan fingerprint density at radius 3 is 2.72 bits per heavy atom. The van der Waals surface area contributed by atoms with Crippen molar-refractivity contribution in [2.24, 2.45) is 0 Å². The maximum absolute atomic E-state index is 13.9. The molecule has 1 N–H and O–H groups in total. The van der Waals surface area contributed by atoms with Crippen LogP contribution in [0.4, 0.5) is 15.9 Å². The van der Waals surface area contributed by atoms with Crippen LogP contribution in [0.2, 0.25) is 5.02 Å². The summed E-state index contributed by atoms with van der Waals surface area (Å²) in [6.45, 7) is 3.45. The number of nitro groups is 1. The van der Waals surface area contributed by atoms with Gasteiger partial charge in [-0.15, -0.1) is 0 Å². The second-order valence-corrected chi connectivity index (χ2v) is 6.80. The Balaban J connectivity index is 1.60. The predicted molar refractivity (Wildman–Crippen MR) is 104 cm³/mol. The van der Waals surface area contributed by atoms with Gasteiger partial charge >= 0.3 is 5.69 Å². The summed E-state index contributed by atoms with van der Waals surface area (Å²) in [7, 11) is 0. The third-order valence-corrected chi connectivity index (χ3v) is 4.72. The van der Waals surface area contributed by atoms with Crippen LogP contribution in [0.5, 0.6) is 0 Å². The monoisotopic (exact) mass is 420 g/mol. The van der Waals surface area contributed by atoms with Crippen LogP contribution in [0.25, 0.3) is 0 Å². The van der Waals surface area contributed by atoms with E-state index < -0.39 is 10.7 Å². The minimum Gasteiger partial charge on any atom is -0.309 e. The Morgan fingerprint density at radius 1 is 1.31 bits per heavy atom. The molecule has 0 bridgehead atoms. The average molecular weight is 421 g/mol. The molecular formula is C18H18ClFN6O3. The van der Waals surface area contributed by atoms with Gasteiger partial charge in [0.15, 0.2) is 5.82 Å². The highest BCUT2D eigenvalue weighted by molar-refractivity contribution is 6.31. The fourth-order valence-electron chi connectivity index (χ4n) is 2.94. The summed E-state index contributed by atoms with van der Waals surface area (Å²) in [5.41, 5.74) is 0.960. The fourth-order valence-corrected chi connectivity index (χ4v) is 3.17. The third-order valence-electron chi connectivity index (χ3n) is 4.37. The van der Waals surface area contributed by atoms with E-state index in [4.69, 9.17) is 11.6 Å². The van der Waals surface area contributed by atoms with Gasteiger partial charge in [-0.25, -0.2) is 4.39 Å². The van der Waals surface area contributed by atoms with Crippen LogP contribution >= 0.6 is 11.6 Å². The highest BCUT2D eigenvalue weighted by Crippen LogP contribution is 2.22. The second-order valence-electron chi connectivity index (χ2n) is 6.40. The number of carbonyl (C=O) groups excluding carboxylic acids is 1. The zero-order valence-corrected chi connectivity index (χ0v) is 16.5. The van der Waals surface area contributed by atoms with E-state index in [9.17, 15) is 19.3 Å². The normalized spacial score (nSPS) is 10.9. The number of aromatic nitrogens is 4. The van der Waals surface area contributed by atoms with Crippen LogP contribution in [-0.4, -0.2) is 30.4 Å². The molecule has 9 nitrogen and oxygen atoms in total. The van der Waals surface area contributed by atoms with E-state index in [1.54, 1.807) is 32.2 Å². The van der Waals surface area contributed by atoms with Gasteiger partial charge in [0, 0.05) is 29.3 Å². The van der Waals surface area contributed by atoms with Crippen molar-refractivity contribution in [3.8, 4) is 0 Å². The number of hydrogen-bond donors (Lipinski definition) is 1. The number of rotatable bonds is 7. The Kier molecular flexibility index (Phi) is 5.92. The summed E-state index contributed by atoms with van der Waals surface area (Å²) >= 11 is 6.01. The smallest absolute Gasteiger partial charge is 0.309 e. The number of hydrogen-bond acceptors (Lipinski definition) is 5. The van der Waals surface area contributed by atoms with Crippen LogP contribution in [0, 0.1) is 29.8 Å². The van der Waals surface area contributed by atoms with Crippen molar-refractivity contribution >= 4 is 29.0 Å². The van der Waals surface area contributed by atoms with Gasteiger partial charge in [0.1, 0.15) is 17.2 Å².